The van der Waals surface area contributed by atoms with Crippen LogP contribution < -0.4 is 11.1 Å². The molecular weight excluding hydrogens is 202 g/mol. The smallest absolute Gasteiger partial charge is 0.230 e. The van der Waals surface area contributed by atoms with Crippen molar-refractivity contribution in [1.29, 1.82) is 0 Å². The van der Waals surface area contributed by atoms with Gasteiger partial charge in [0.1, 0.15) is 0 Å². The van der Waals surface area contributed by atoms with Crippen molar-refractivity contribution in [2.75, 3.05) is 12.0 Å². The van der Waals surface area contributed by atoms with Gasteiger partial charge in [-0.2, -0.15) is 11.8 Å². The minimum atomic E-state index is -0.292. The van der Waals surface area contributed by atoms with E-state index >= 15 is 0 Å². The lowest BCUT2D eigenvalue weighted by molar-refractivity contribution is -0.118. The molecule has 1 aliphatic carbocycles. The molecule has 80 valence electrons. The van der Waals surface area contributed by atoms with Gasteiger partial charge in [-0.25, -0.2) is 0 Å². The van der Waals surface area contributed by atoms with Crippen molar-refractivity contribution in [3.63, 3.8) is 0 Å². The summed E-state index contributed by atoms with van der Waals surface area (Å²) < 4.78 is 0. The number of thioether (sulfide) groups is 1. The molecule has 0 radical (unpaired) electrons. The summed E-state index contributed by atoms with van der Waals surface area (Å²) in [5.41, 5.74) is 5.48. The van der Waals surface area contributed by atoms with Gasteiger partial charge in [-0.1, -0.05) is 5.16 Å². The molecular formula is C8H15N3O2S. The van der Waals surface area contributed by atoms with E-state index in [9.17, 15) is 4.79 Å². The first-order valence-corrected chi connectivity index (χ1v) is 5.84. The van der Waals surface area contributed by atoms with Crippen molar-refractivity contribution in [2.24, 2.45) is 16.8 Å². The molecule has 6 heteroatoms. The predicted octanol–water partition coefficient (Wildman–Crippen LogP) is -0.00940. The lowest BCUT2D eigenvalue weighted by Crippen LogP contribution is -2.46. The summed E-state index contributed by atoms with van der Waals surface area (Å²) in [7, 11) is 0. The Morgan fingerprint density at radius 2 is 2.43 bits per heavy atom. The lowest BCUT2D eigenvalue weighted by Gasteiger charge is -2.15. The van der Waals surface area contributed by atoms with E-state index < -0.39 is 0 Å². The Kier molecular flexibility index (Phi) is 4.06. The second-order valence-corrected chi connectivity index (χ2v) is 4.21. The van der Waals surface area contributed by atoms with Crippen molar-refractivity contribution in [1.82, 2.24) is 5.32 Å². The van der Waals surface area contributed by atoms with Gasteiger partial charge in [0, 0.05) is 0 Å². The largest absolute Gasteiger partial charge is 0.409 e. The van der Waals surface area contributed by atoms with Gasteiger partial charge >= 0.3 is 0 Å². The van der Waals surface area contributed by atoms with Crippen LogP contribution in [-0.4, -0.2) is 35.0 Å². The molecule has 0 aromatic carbocycles. The maximum atomic E-state index is 11.3. The Labute approximate surface area is 87.1 Å². The highest BCUT2D eigenvalue weighted by Gasteiger charge is 2.35. The number of nitrogens with two attached hydrogens (primary N) is 1. The summed E-state index contributed by atoms with van der Waals surface area (Å²) in [4.78, 5) is 11.3. The van der Waals surface area contributed by atoms with Crippen molar-refractivity contribution >= 4 is 23.5 Å². The molecule has 1 atom stereocenters. The van der Waals surface area contributed by atoms with Crippen LogP contribution in [0.3, 0.4) is 0 Å². The first kappa shape index (κ1) is 11.2. The predicted molar refractivity (Wildman–Crippen MR) is 56.4 cm³/mol. The van der Waals surface area contributed by atoms with Crippen LogP contribution in [0.1, 0.15) is 12.8 Å². The second kappa shape index (κ2) is 5.09. The molecule has 4 N–H and O–H groups in total. The Bertz CT molecular complexity index is 241. The van der Waals surface area contributed by atoms with Gasteiger partial charge in [0.25, 0.3) is 0 Å². The van der Waals surface area contributed by atoms with Gasteiger partial charge in [0.2, 0.25) is 5.91 Å². The SMILES string of the molecule is CSCC(=O)NC(C(N)=NO)C1CC1. The van der Waals surface area contributed by atoms with Gasteiger partial charge in [0.05, 0.1) is 11.8 Å². The number of amidine groups is 1. The number of rotatable bonds is 5. The summed E-state index contributed by atoms with van der Waals surface area (Å²) in [6.07, 6.45) is 3.91. The first-order chi connectivity index (χ1) is 6.69. The van der Waals surface area contributed by atoms with E-state index in [2.05, 4.69) is 10.5 Å². The number of nitrogens with one attached hydrogen (secondary N) is 1. The highest BCUT2D eigenvalue weighted by Crippen LogP contribution is 2.32. The zero-order valence-electron chi connectivity index (χ0n) is 8.06. The van der Waals surface area contributed by atoms with E-state index in [0.717, 1.165) is 12.8 Å². The molecule has 1 aliphatic rings. The van der Waals surface area contributed by atoms with E-state index in [1.165, 1.54) is 11.8 Å². The molecule has 1 saturated carbocycles. The minimum Gasteiger partial charge on any atom is -0.409 e. The summed E-state index contributed by atoms with van der Waals surface area (Å²) in [6.45, 7) is 0. The third-order valence-corrected chi connectivity index (χ3v) is 2.67. The first-order valence-electron chi connectivity index (χ1n) is 4.44. The molecule has 0 saturated heterocycles. The molecule has 5 nitrogen and oxygen atoms in total. The Hall–Kier alpha value is -0.910. The van der Waals surface area contributed by atoms with Gasteiger partial charge < -0.3 is 16.3 Å². The van der Waals surface area contributed by atoms with Crippen LogP contribution in [0.25, 0.3) is 0 Å². The van der Waals surface area contributed by atoms with E-state index in [0.29, 0.717) is 11.7 Å². The van der Waals surface area contributed by atoms with Crippen molar-refractivity contribution in [3.8, 4) is 0 Å². The van der Waals surface area contributed by atoms with Crippen molar-refractivity contribution < 1.29 is 10.0 Å². The van der Waals surface area contributed by atoms with E-state index in [4.69, 9.17) is 10.9 Å². The molecule has 1 amide bonds. The van der Waals surface area contributed by atoms with Crippen LogP contribution in [0, 0.1) is 5.92 Å². The van der Waals surface area contributed by atoms with Crippen LogP contribution in [0.5, 0.6) is 0 Å². The molecule has 0 aliphatic heterocycles. The Morgan fingerprint density at radius 1 is 1.79 bits per heavy atom. The average Bonchev–Trinajstić information content (AvgIpc) is 2.97. The summed E-state index contributed by atoms with van der Waals surface area (Å²) >= 11 is 1.45. The normalized spacial score (nSPS) is 19.1. The Balaban J connectivity index is 2.47. The maximum Gasteiger partial charge on any atom is 0.230 e. The fourth-order valence-electron chi connectivity index (χ4n) is 1.27. The van der Waals surface area contributed by atoms with Gasteiger partial charge in [-0.3, -0.25) is 4.79 Å². The molecule has 1 fully saturated rings. The van der Waals surface area contributed by atoms with Crippen molar-refractivity contribution in [2.45, 2.75) is 18.9 Å². The fraction of sp³-hybridized carbons (Fsp3) is 0.750. The van der Waals surface area contributed by atoms with Gasteiger partial charge in [-0.05, 0) is 25.0 Å². The standard InChI is InChI=1S/C8H15N3O2S/c1-14-4-6(12)10-7(5-2-3-5)8(9)11-13/h5,7,13H,2-4H2,1H3,(H2,9,11)(H,10,12). The highest BCUT2D eigenvalue weighted by molar-refractivity contribution is 7.99. The summed E-state index contributed by atoms with van der Waals surface area (Å²) in [5, 5.41) is 14.2. The van der Waals surface area contributed by atoms with E-state index in [1.807, 2.05) is 6.26 Å². The monoisotopic (exact) mass is 217 g/mol. The topological polar surface area (TPSA) is 87.7 Å². The van der Waals surface area contributed by atoms with Gasteiger partial charge in [0.15, 0.2) is 5.84 Å². The molecule has 0 bridgehead atoms. The maximum absolute atomic E-state index is 11.3. The van der Waals surface area contributed by atoms with E-state index in [1.54, 1.807) is 0 Å². The van der Waals surface area contributed by atoms with Crippen LogP contribution in [0.2, 0.25) is 0 Å². The van der Waals surface area contributed by atoms with Crippen LogP contribution in [0.4, 0.5) is 0 Å². The third-order valence-electron chi connectivity index (χ3n) is 2.12. The molecule has 0 heterocycles. The molecule has 0 aromatic rings. The fourth-order valence-corrected chi connectivity index (χ4v) is 1.62. The molecule has 1 rings (SSSR count). The lowest BCUT2D eigenvalue weighted by atomic mass is 10.1. The van der Waals surface area contributed by atoms with E-state index in [-0.39, 0.29) is 17.8 Å². The average molecular weight is 217 g/mol. The van der Waals surface area contributed by atoms with Crippen LogP contribution >= 0.6 is 11.8 Å². The number of carbonyl (C=O) groups excluding carboxylic acids is 1. The van der Waals surface area contributed by atoms with Gasteiger partial charge in [-0.15, -0.1) is 0 Å². The number of amides is 1. The number of hydrogen-bond acceptors (Lipinski definition) is 4. The summed E-state index contributed by atoms with van der Waals surface area (Å²) in [6, 6.07) is -0.292. The highest BCUT2D eigenvalue weighted by atomic mass is 32.2. The molecule has 14 heavy (non-hydrogen) atoms. The number of carbonyl (C=O) groups is 1. The molecule has 0 aromatic heterocycles. The second-order valence-electron chi connectivity index (χ2n) is 3.34. The Morgan fingerprint density at radius 3 is 2.86 bits per heavy atom. The molecule has 1 unspecified atom stereocenters. The number of nitrogens with zero attached hydrogens (tertiary/aromatic N) is 1. The number of hydrogen-bond donors (Lipinski definition) is 3. The van der Waals surface area contributed by atoms with Crippen LogP contribution in [-0.2, 0) is 4.79 Å². The minimum absolute atomic E-state index is 0.0685. The van der Waals surface area contributed by atoms with Crippen molar-refractivity contribution in [3.05, 3.63) is 0 Å². The third kappa shape index (κ3) is 3.10. The number of oxime groups is 1. The zero-order chi connectivity index (χ0) is 10.6. The quantitative estimate of drug-likeness (QED) is 0.261. The molecule has 0 spiro atoms. The summed E-state index contributed by atoms with van der Waals surface area (Å²) in [5.74, 6) is 0.779. The van der Waals surface area contributed by atoms with Crippen LogP contribution in [0.15, 0.2) is 5.16 Å². The zero-order valence-corrected chi connectivity index (χ0v) is 8.88.